The highest BCUT2D eigenvalue weighted by Gasteiger charge is 1.87. The molecule has 0 fully saturated rings. The molecule has 0 N–H and O–H groups in total. The summed E-state index contributed by atoms with van der Waals surface area (Å²) in [5, 5.41) is 8.24. The van der Waals surface area contributed by atoms with E-state index in [1.54, 1.807) is 18.3 Å². The van der Waals surface area contributed by atoms with Gasteiger partial charge in [-0.15, -0.1) is 5.10 Å². The number of hydrogen-bond acceptors (Lipinski definition) is 2. The van der Waals surface area contributed by atoms with Crippen LogP contribution >= 0.6 is 43.5 Å². The molecule has 0 amide bonds. The maximum absolute atomic E-state index is 5.71. The molecule has 0 spiro atoms. The third kappa shape index (κ3) is 4.55. The fraction of sp³-hybridized carbons (Fsp3) is 0. The average Bonchev–Trinajstić information content (AvgIpc) is 2.08. The first-order valence-electron chi connectivity index (χ1n) is 3.36. The van der Waals surface area contributed by atoms with E-state index >= 15 is 0 Å². The first-order chi connectivity index (χ1) is 6.18. The Labute approximate surface area is 98.0 Å². The summed E-state index contributed by atoms with van der Waals surface area (Å²) in [6.07, 6.45) is 1.64. The molecule has 13 heavy (non-hydrogen) atoms. The zero-order chi connectivity index (χ0) is 9.68. The van der Waals surface area contributed by atoms with Gasteiger partial charge in [-0.1, -0.05) is 23.7 Å². The van der Waals surface area contributed by atoms with Crippen molar-refractivity contribution in [3.8, 4) is 0 Å². The van der Waals surface area contributed by atoms with Gasteiger partial charge in [-0.3, -0.25) is 0 Å². The second-order valence-electron chi connectivity index (χ2n) is 2.14. The lowest BCUT2D eigenvalue weighted by molar-refractivity contribution is 1.27. The van der Waals surface area contributed by atoms with E-state index in [1.165, 1.54) is 0 Å². The van der Waals surface area contributed by atoms with Crippen molar-refractivity contribution < 1.29 is 0 Å². The summed E-state index contributed by atoms with van der Waals surface area (Å²) in [5.41, 5.74) is 0.953. The van der Waals surface area contributed by atoms with Crippen LogP contribution in [-0.4, -0.2) is 9.74 Å². The molecule has 0 heterocycles. The van der Waals surface area contributed by atoms with Gasteiger partial charge in [0.15, 0.2) is 3.53 Å². The highest BCUT2D eigenvalue weighted by Crippen LogP contribution is 2.08. The lowest BCUT2D eigenvalue weighted by Crippen LogP contribution is -1.78. The van der Waals surface area contributed by atoms with Gasteiger partial charge in [-0.05, 0) is 49.6 Å². The Morgan fingerprint density at radius 1 is 1.23 bits per heavy atom. The molecule has 0 aliphatic carbocycles. The van der Waals surface area contributed by atoms with Gasteiger partial charge in [0.25, 0.3) is 0 Å². The van der Waals surface area contributed by atoms with E-state index in [2.05, 4.69) is 42.1 Å². The second-order valence-corrected chi connectivity index (χ2v) is 5.14. The first kappa shape index (κ1) is 10.9. The molecule has 1 aromatic rings. The molecular formula is C8H5Br2ClN2. The minimum atomic E-state index is 0.560. The smallest absolute Gasteiger partial charge is 0.157 e. The van der Waals surface area contributed by atoms with Gasteiger partial charge >= 0.3 is 0 Å². The Bertz CT molecular complexity index is 329. The minimum absolute atomic E-state index is 0.560. The molecule has 1 rings (SSSR count). The Morgan fingerprint density at radius 2 is 1.85 bits per heavy atom. The van der Waals surface area contributed by atoms with Crippen LogP contribution in [0.15, 0.2) is 34.5 Å². The van der Waals surface area contributed by atoms with Crippen molar-refractivity contribution in [2.75, 3.05) is 0 Å². The number of benzene rings is 1. The number of rotatable bonds is 2. The summed E-state index contributed by atoms with van der Waals surface area (Å²) in [7, 11) is 0. The molecule has 1 aromatic carbocycles. The summed E-state index contributed by atoms with van der Waals surface area (Å²) >= 11 is 11.9. The van der Waals surface area contributed by atoms with Gasteiger partial charge in [0.1, 0.15) is 0 Å². The molecule has 68 valence electrons. The van der Waals surface area contributed by atoms with Crippen LogP contribution in [-0.2, 0) is 0 Å². The molecule has 0 unspecified atom stereocenters. The summed E-state index contributed by atoms with van der Waals surface area (Å²) < 4.78 is 0.560. The second kappa shape index (κ2) is 5.52. The predicted octanol–water partition coefficient (Wildman–Crippen LogP) is 3.82. The third-order valence-corrected chi connectivity index (χ3v) is 1.78. The van der Waals surface area contributed by atoms with Crippen molar-refractivity contribution >= 4 is 53.2 Å². The van der Waals surface area contributed by atoms with Crippen LogP contribution in [0, 0.1) is 0 Å². The fourth-order valence-electron chi connectivity index (χ4n) is 0.688. The van der Waals surface area contributed by atoms with Crippen LogP contribution in [0.1, 0.15) is 5.56 Å². The van der Waals surface area contributed by atoms with Crippen LogP contribution in [0.2, 0.25) is 5.02 Å². The Hall–Kier alpha value is -0.190. The number of halogens is 3. The van der Waals surface area contributed by atoms with Crippen LogP contribution in [0.25, 0.3) is 0 Å². The lowest BCUT2D eigenvalue weighted by atomic mass is 10.2. The maximum Gasteiger partial charge on any atom is 0.171 e. The standard InChI is InChI=1S/C8H5Br2ClN2/c9-8(10)13-12-5-6-1-3-7(11)4-2-6/h1-5H/b12-5+. The predicted molar refractivity (Wildman–Crippen MR) is 64.3 cm³/mol. The van der Waals surface area contributed by atoms with Gasteiger partial charge < -0.3 is 0 Å². The van der Waals surface area contributed by atoms with Crippen LogP contribution < -0.4 is 0 Å². The lowest BCUT2D eigenvalue weighted by Gasteiger charge is -1.90. The summed E-state index contributed by atoms with van der Waals surface area (Å²) in [5.74, 6) is 0. The molecule has 0 radical (unpaired) electrons. The van der Waals surface area contributed by atoms with Crippen LogP contribution in [0.4, 0.5) is 0 Å². The molecule has 5 heteroatoms. The van der Waals surface area contributed by atoms with Crippen LogP contribution in [0.3, 0.4) is 0 Å². The highest BCUT2D eigenvalue weighted by molar-refractivity contribution is 9.39. The minimum Gasteiger partial charge on any atom is -0.157 e. The van der Waals surface area contributed by atoms with E-state index in [0.717, 1.165) is 5.56 Å². The van der Waals surface area contributed by atoms with Gasteiger partial charge in [0.05, 0.1) is 6.21 Å². The Morgan fingerprint density at radius 3 is 2.38 bits per heavy atom. The normalized spacial score (nSPS) is 10.4. The van der Waals surface area contributed by atoms with Gasteiger partial charge in [0, 0.05) is 5.02 Å². The molecule has 0 bridgehead atoms. The topological polar surface area (TPSA) is 24.7 Å². The van der Waals surface area contributed by atoms with Gasteiger partial charge in [0.2, 0.25) is 0 Å². The Balaban J connectivity index is 2.70. The largest absolute Gasteiger partial charge is 0.171 e. The van der Waals surface area contributed by atoms with Crippen molar-refractivity contribution in [1.82, 2.24) is 0 Å². The van der Waals surface area contributed by atoms with Crippen LogP contribution in [0.5, 0.6) is 0 Å². The maximum atomic E-state index is 5.71. The molecule has 0 saturated heterocycles. The van der Waals surface area contributed by atoms with E-state index in [0.29, 0.717) is 8.55 Å². The van der Waals surface area contributed by atoms with E-state index < -0.39 is 0 Å². The van der Waals surface area contributed by atoms with E-state index in [4.69, 9.17) is 11.6 Å². The van der Waals surface area contributed by atoms with E-state index in [9.17, 15) is 0 Å². The van der Waals surface area contributed by atoms with E-state index in [-0.39, 0.29) is 0 Å². The molecule has 0 atom stereocenters. The van der Waals surface area contributed by atoms with Crippen molar-refractivity contribution in [2.24, 2.45) is 10.2 Å². The monoisotopic (exact) mass is 322 g/mol. The molecule has 0 aliphatic rings. The summed E-state index contributed by atoms with van der Waals surface area (Å²) in [6.45, 7) is 0. The van der Waals surface area contributed by atoms with Crippen molar-refractivity contribution in [3.05, 3.63) is 34.9 Å². The quantitative estimate of drug-likeness (QED) is 0.584. The third-order valence-electron chi connectivity index (χ3n) is 1.21. The molecular weight excluding hydrogens is 319 g/mol. The molecule has 0 saturated carbocycles. The van der Waals surface area contributed by atoms with Crippen molar-refractivity contribution in [1.29, 1.82) is 0 Å². The summed E-state index contributed by atoms with van der Waals surface area (Å²) in [6, 6.07) is 7.33. The van der Waals surface area contributed by atoms with Crippen molar-refractivity contribution in [3.63, 3.8) is 0 Å². The first-order valence-corrected chi connectivity index (χ1v) is 5.32. The zero-order valence-corrected chi connectivity index (χ0v) is 10.3. The average molecular weight is 324 g/mol. The SMILES string of the molecule is Clc1ccc(/C=N/N=C(Br)Br)cc1. The van der Waals surface area contributed by atoms with Gasteiger partial charge in [-0.25, -0.2) is 0 Å². The zero-order valence-electron chi connectivity index (χ0n) is 6.42. The van der Waals surface area contributed by atoms with Crippen molar-refractivity contribution in [2.45, 2.75) is 0 Å². The number of hydrogen-bond donors (Lipinski definition) is 0. The fourth-order valence-corrected chi connectivity index (χ4v) is 0.997. The highest BCUT2D eigenvalue weighted by atomic mass is 79.9. The summed E-state index contributed by atoms with van der Waals surface area (Å²) in [4.78, 5) is 0. The van der Waals surface area contributed by atoms with E-state index in [1.807, 2.05) is 12.1 Å². The van der Waals surface area contributed by atoms with Gasteiger partial charge in [-0.2, -0.15) is 5.10 Å². The molecule has 0 aromatic heterocycles. The number of nitrogens with zero attached hydrogens (tertiary/aromatic N) is 2. The molecule has 2 nitrogen and oxygen atoms in total. The molecule has 0 aliphatic heterocycles. The Kier molecular flexibility index (Phi) is 4.62.